The van der Waals surface area contributed by atoms with Gasteiger partial charge in [-0.1, -0.05) is 30.3 Å². The van der Waals surface area contributed by atoms with Crippen LogP contribution >= 0.6 is 0 Å². The zero-order valence-corrected chi connectivity index (χ0v) is 19.0. The first-order valence-corrected chi connectivity index (χ1v) is 10.6. The molecule has 7 nitrogen and oxygen atoms in total. The minimum atomic E-state index is -1.15. The molecule has 0 saturated heterocycles. The summed E-state index contributed by atoms with van der Waals surface area (Å²) in [5, 5.41) is 2.58. The van der Waals surface area contributed by atoms with Crippen molar-refractivity contribution in [1.82, 2.24) is 4.57 Å². The maximum atomic E-state index is 13.9. The van der Waals surface area contributed by atoms with Crippen LogP contribution in [0.2, 0.25) is 0 Å². The van der Waals surface area contributed by atoms with Crippen molar-refractivity contribution in [3.8, 4) is 11.5 Å². The number of Topliss-reactive ketones (excluding diaryl/α,β-unsaturated/α-hetero) is 1. The topological polar surface area (TPSA) is 83.8 Å². The van der Waals surface area contributed by atoms with Gasteiger partial charge in [0.1, 0.15) is 17.1 Å². The minimum absolute atomic E-state index is 0.200. The normalized spacial score (nSPS) is 17.1. The molecule has 0 aliphatic carbocycles. The third-order valence-corrected chi connectivity index (χ3v) is 6.28. The summed E-state index contributed by atoms with van der Waals surface area (Å²) >= 11 is 0. The predicted molar refractivity (Wildman–Crippen MR) is 125 cm³/mol. The Hall–Kier alpha value is -3.87. The quantitative estimate of drug-likeness (QED) is 0.262. The standard InChI is InChI=1S/C26H23NO6/c1-13(28)32-25-24(30)21-18(33-26(25,2)3)12-17(31-5)20-22(21)27(4)16-11-10-14-8-6-7-9-15(14)19(16)23(20)29/h6-12,25H,1-5H3/t25-/m1/s1. The van der Waals surface area contributed by atoms with Crippen molar-refractivity contribution in [2.24, 2.45) is 7.05 Å². The van der Waals surface area contributed by atoms with Gasteiger partial charge in [-0.3, -0.25) is 14.4 Å². The summed E-state index contributed by atoms with van der Waals surface area (Å²) in [7, 11) is 3.28. The number of nitrogens with zero attached hydrogens (tertiary/aromatic N) is 1. The number of ketones is 1. The van der Waals surface area contributed by atoms with E-state index in [0.717, 1.165) is 10.8 Å². The first-order chi connectivity index (χ1) is 15.7. The number of fused-ring (bicyclic) bond motifs is 6. The Kier molecular flexibility index (Phi) is 4.50. The first kappa shape index (κ1) is 21.0. The fourth-order valence-electron chi connectivity index (χ4n) is 4.82. The maximum Gasteiger partial charge on any atom is 0.303 e. The molecule has 0 saturated carbocycles. The molecule has 4 aromatic rings. The number of carbonyl (C=O) groups is 2. The van der Waals surface area contributed by atoms with Gasteiger partial charge < -0.3 is 18.8 Å². The summed E-state index contributed by atoms with van der Waals surface area (Å²) in [4.78, 5) is 39.3. The van der Waals surface area contributed by atoms with Crippen molar-refractivity contribution < 1.29 is 23.8 Å². The summed E-state index contributed by atoms with van der Waals surface area (Å²) in [5.41, 5.74) is -0.0826. The molecule has 7 heteroatoms. The third kappa shape index (κ3) is 2.92. The summed E-state index contributed by atoms with van der Waals surface area (Å²) in [6, 6.07) is 13.0. The summed E-state index contributed by atoms with van der Waals surface area (Å²) < 4.78 is 18.9. The number of hydrogen-bond donors (Lipinski definition) is 0. The average Bonchev–Trinajstić information content (AvgIpc) is 2.77. The Morgan fingerprint density at radius 3 is 2.52 bits per heavy atom. The number of hydrogen-bond acceptors (Lipinski definition) is 6. The fraction of sp³-hybridized carbons (Fsp3) is 0.269. The Morgan fingerprint density at radius 1 is 1.09 bits per heavy atom. The smallest absolute Gasteiger partial charge is 0.303 e. The van der Waals surface area contributed by atoms with Gasteiger partial charge in [-0.15, -0.1) is 0 Å². The van der Waals surface area contributed by atoms with Crippen LogP contribution in [0.15, 0.2) is 47.3 Å². The highest BCUT2D eigenvalue weighted by molar-refractivity contribution is 6.18. The van der Waals surface area contributed by atoms with Crippen molar-refractivity contribution in [2.75, 3.05) is 7.11 Å². The van der Waals surface area contributed by atoms with E-state index < -0.39 is 23.5 Å². The van der Waals surface area contributed by atoms with E-state index >= 15 is 0 Å². The number of rotatable bonds is 2. The van der Waals surface area contributed by atoms with Gasteiger partial charge in [-0.25, -0.2) is 0 Å². The molecule has 0 unspecified atom stereocenters. The van der Waals surface area contributed by atoms with Crippen LogP contribution in [0.3, 0.4) is 0 Å². The average molecular weight is 445 g/mol. The lowest BCUT2D eigenvalue weighted by molar-refractivity contribution is -0.153. The van der Waals surface area contributed by atoms with Crippen molar-refractivity contribution in [3.05, 3.63) is 58.3 Å². The number of methoxy groups -OCH3 is 1. The molecule has 1 atom stereocenters. The van der Waals surface area contributed by atoms with Gasteiger partial charge in [0.15, 0.2) is 0 Å². The first-order valence-electron chi connectivity index (χ1n) is 10.6. The van der Waals surface area contributed by atoms with Gasteiger partial charge in [0.05, 0.1) is 34.5 Å². The molecule has 0 amide bonds. The Morgan fingerprint density at radius 2 is 1.82 bits per heavy atom. The van der Waals surface area contributed by atoms with Crippen molar-refractivity contribution >= 4 is 44.3 Å². The van der Waals surface area contributed by atoms with E-state index in [-0.39, 0.29) is 22.1 Å². The van der Waals surface area contributed by atoms with Crippen molar-refractivity contribution in [1.29, 1.82) is 0 Å². The molecule has 2 heterocycles. The highest BCUT2D eigenvalue weighted by Gasteiger charge is 2.47. The monoisotopic (exact) mass is 445 g/mol. The zero-order chi connectivity index (χ0) is 23.7. The second-order valence-corrected chi connectivity index (χ2v) is 8.80. The van der Waals surface area contributed by atoms with Gasteiger partial charge in [-0.2, -0.15) is 0 Å². The second-order valence-electron chi connectivity index (χ2n) is 8.80. The number of esters is 1. The highest BCUT2D eigenvalue weighted by atomic mass is 16.6. The number of aromatic nitrogens is 1. The molecule has 0 fully saturated rings. The van der Waals surface area contributed by atoms with Crippen LogP contribution in [0.4, 0.5) is 0 Å². The molecular formula is C26H23NO6. The largest absolute Gasteiger partial charge is 0.496 e. The second kappa shape index (κ2) is 7.07. The number of ether oxygens (including phenoxy) is 3. The minimum Gasteiger partial charge on any atom is -0.496 e. The number of carbonyl (C=O) groups excluding carboxylic acids is 2. The van der Waals surface area contributed by atoms with Gasteiger partial charge in [0.25, 0.3) is 0 Å². The van der Waals surface area contributed by atoms with E-state index in [9.17, 15) is 14.4 Å². The molecule has 0 spiro atoms. The van der Waals surface area contributed by atoms with Gasteiger partial charge in [0.2, 0.25) is 17.3 Å². The molecule has 0 radical (unpaired) electrons. The molecule has 33 heavy (non-hydrogen) atoms. The van der Waals surface area contributed by atoms with Crippen molar-refractivity contribution in [3.63, 3.8) is 0 Å². The van der Waals surface area contributed by atoms with Gasteiger partial charge in [-0.05, 0) is 30.7 Å². The van der Waals surface area contributed by atoms with E-state index in [4.69, 9.17) is 14.2 Å². The number of pyridine rings is 1. The predicted octanol–water partition coefficient (Wildman–Crippen LogP) is 4.14. The summed E-state index contributed by atoms with van der Waals surface area (Å²) in [6.07, 6.45) is -1.15. The molecule has 5 rings (SSSR count). The van der Waals surface area contributed by atoms with Crippen LogP contribution in [-0.2, 0) is 16.6 Å². The number of benzene rings is 3. The van der Waals surface area contributed by atoms with Crippen LogP contribution in [-0.4, -0.2) is 35.1 Å². The Labute approximate surface area is 189 Å². The fourth-order valence-corrected chi connectivity index (χ4v) is 4.82. The van der Waals surface area contributed by atoms with Gasteiger partial charge >= 0.3 is 5.97 Å². The molecule has 3 aromatic carbocycles. The molecule has 1 aliphatic rings. The van der Waals surface area contributed by atoms with Crippen LogP contribution in [0.25, 0.3) is 32.6 Å². The molecule has 0 N–H and O–H groups in total. The lowest BCUT2D eigenvalue weighted by Crippen LogP contribution is -2.52. The molecular weight excluding hydrogens is 422 g/mol. The Bertz CT molecular complexity index is 1560. The molecule has 1 aromatic heterocycles. The molecule has 1 aliphatic heterocycles. The summed E-state index contributed by atoms with van der Waals surface area (Å²) in [5.74, 6) is -0.405. The van der Waals surface area contributed by atoms with E-state index in [1.165, 1.54) is 14.0 Å². The van der Waals surface area contributed by atoms with Crippen molar-refractivity contribution in [2.45, 2.75) is 32.5 Å². The van der Waals surface area contributed by atoms with E-state index in [2.05, 4.69) is 0 Å². The van der Waals surface area contributed by atoms with Crippen LogP contribution in [0.5, 0.6) is 11.5 Å². The van der Waals surface area contributed by atoms with Crippen LogP contribution in [0.1, 0.15) is 31.1 Å². The highest BCUT2D eigenvalue weighted by Crippen LogP contribution is 2.43. The molecule has 0 bridgehead atoms. The zero-order valence-electron chi connectivity index (χ0n) is 19.0. The van der Waals surface area contributed by atoms with Crippen LogP contribution < -0.4 is 14.9 Å². The van der Waals surface area contributed by atoms with E-state index in [1.807, 2.05) is 41.0 Å². The van der Waals surface area contributed by atoms with Gasteiger partial charge in [0, 0.05) is 20.0 Å². The lowest BCUT2D eigenvalue weighted by atomic mass is 9.87. The molecule has 168 valence electrons. The maximum absolute atomic E-state index is 13.9. The van der Waals surface area contributed by atoms with E-state index in [1.54, 1.807) is 27.0 Å². The summed E-state index contributed by atoms with van der Waals surface area (Å²) in [6.45, 7) is 4.62. The lowest BCUT2D eigenvalue weighted by Gasteiger charge is -2.38. The SMILES string of the molecule is COc1cc2c(c3c1c(=O)c1c4ccccc4ccc1n3C)C(=O)[C@@H](OC(C)=O)C(C)(C)O2. The number of aryl methyl sites for hydroxylation is 1. The third-order valence-electron chi connectivity index (χ3n) is 6.28. The van der Waals surface area contributed by atoms with Crippen LogP contribution in [0, 0.1) is 0 Å². The Balaban J connectivity index is 1.97. The van der Waals surface area contributed by atoms with E-state index in [0.29, 0.717) is 22.2 Å².